The molecule has 2 aliphatic rings. The first kappa shape index (κ1) is 14.2. The Morgan fingerprint density at radius 1 is 1.38 bits per heavy atom. The Hall–Kier alpha value is -1.71. The van der Waals surface area contributed by atoms with Gasteiger partial charge < -0.3 is 15.8 Å². The van der Waals surface area contributed by atoms with E-state index < -0.39 is 0 Å². The summed E-state index contributed by atoms with van der Waals surface area (Å²) in [6.07, 6.45) is 5.33. The van der Waals surface area contributed by atoms with Crippen LogP contribution in [0, 0.1) is 17.8 Å². The van der Waals surface area contributed by atoms with Crippen LogP contribution >= 0.6 is 0 Å². The minimum atomic E-state index is -0.0885. The molecule has 4 nitrogen and oxygen atoms in total. The number of rotatable bonds is 4. The van der Waals surface area contributed by atoms with Gasteiger partial charge in [-0.15, -0.1) is 0 Å². The van der Waals surface area contributed by atoms with Crippen molar-refractivity contribution in [3.63, 3.8) is 0 Å². The van der Waals surface area contributed by atoms with Gasteiger partial charge in [-0.3, -0.25) is 4.79 Å². The summed E-state index contributed by atoms with van der Waals surface area (Å²) in [6.45, 7) is 2.13. The topological polar surface area (TPSA) is 64.3 Å². The fourth-order valence-electron chi connectivity index (χ4n) is 4.26. The van der Waals surface area contributed by atoms with E-state index in [2.05, 4.69) is 12.2 Å². The van der Waals surface area contributed by atoms with Crippen molar-refractivity contribution in [3.05, 3.63) is 23.8 Å². The largest absolute Gasteiger partial charge is 0.494 e. The second kappa shape index (κ2) is 5.58. The van der Waals surface area contributed by atoms with E-state index in [1.807, 2.05) is 0 Å². The average Bonchev–Trinajstić information content (AvgIpc) is 3.09. The van der Waals surface area contributed by atoms with Crippen molar-refractivity contribution in [2.45, 2.75) is 38.6 Å². The molecule has 2 fully saturated rings. The molecule has 3 rings (SSSR count). The number of carbonyl (C=O) groups is 1. The van der Waals surface area contributed by atoms with E-state index >= 15 is 0 Å². The Kier molecular flexibility index (Phi) is 3.79. The van der Waals surface area contributed by atoms with Gasteiger partial charge >= 0.3 is 0 Å². The Labute approximate surface area is 126 Å². The first-order valence-corrected chi connectivity index (χ1v) is 7.83. The maximum Gasteiger partial charge on any atom is 0.255 e. The molecule has 4 atom stereocenters. The molecule has 0 aliphatic heterocycles. The highest BCUT2D eigenvalue weighted by Crippen LogP contribution is 2.49. The highest BCUT2D eigenvalue weighted by molar-refractivity contribution is 5.98. The molecule has 0 heterocycles. The third kappa shape index (κ3) is 2.59. The number of anilines is 1. The van der Waals surface area contributed by atoms with E-state index in [1.165, 1.54) is 25.7 Å². The van der Waals surface area contributed by atoms with Gasteiger partial charge in [0.05, 0.1) is 18.4 Å². The molecule has 2 saturated carbocycles. The number of fused-ring (bicyclic) bond motifs is 2. The molecule has 4 heteroatoms. The van der Waals surface area contributed by atoms with E-state index in [9.17, 15) is 4.79 Å². The molecule has 2 bridgehead atoms. The van der Waals surface area contributed by atoms with Crippen LogP contribution in [0.15, 0.2) is 18.2 Å². The number of nitrogens with two attached hydrogens (primary N) is 1. The van der Waals surface area contributed by atoms with Crippen molar-refractivity contribution in [2.24, 2.45) is 17.8 Å². The molecule has 21 heavy (non-hydrogen) atoms. The summed E-state index contributed by atoms with van der Waals surface area (Å²) in [5.74, 6) is 2.69. The first-order valence-electron chi connectivity index (χ1n) is 7.83. The standard InChI is InChI=1S/C17H24N2O2/c1-10(14-9-11-6-7-12(14)8-11)19-17(20)13-4-3-5-15(18)16(13)21-2/h3-5,10-12,14H,6-9,18H2,1-2H3,(H,19,20). The lowest BCUT2D eigenvalue weighted by molar-refractivity contribution is 0.0912. The number of benzene rings is 1. The Morgan fingerprint density at radius 3 is 2.81 bits per heavy atom. The van der Waals surface area contributed by atoms with Crippen molar-refractivity contribution in [1.29, 1.82) is 0 Å². The van der Waals surface area contributed by atoms with Gasteiger partial charge in [-0.1, -0.05) is 12.5 Å². The highest BCUT2D eigenvalue weighted by Gasteiger charge is 2.42. The van der Waals surface area contributed by atoms with Crippen molar-refractivity contribution in [2.75, 3.05) is 12.8 Å². The van der Waals surface area contributed by atoms with Gasteiger partial charge in [-0.2, -0.15) is 0 Å². The van der Waals surface area contributed by atoms with E-state index in [-0.39, 0.29) is 11.9 Å². The summed E-state index contributed by atoms with van der Waals surface area (Å²) in [6, 6.07) is 5.50. The molecule has 1 amide bonds. The smallest absolute Gasteiger partial charge is 0.255 e. The molecule has 3 N–H and O–H groups in total. The van der Waals surface area contributed by atoms with Gasteiger partial charge in [0.1, 0.15) is 0 Å². The summed E-state index contributed by atoms with van der Waals surface area (Å²) in [5, 5.41) is 3.15. The zero-order chi connectivity index (χ0) is 15.0. The lowest BCUT2D eigenvalue weighted by Crippen LogP contribution is -2.40. The number of amides is 1. The van der Waals surface area contributed by atoms with Crippen LogP contribution in [0.1, 0.15) is 43.0 Å². The number of nitrogens with one attached hydrogen (secondary N) is 1. The van der Waals surface area contributed by atoms with Crippen molar-refractivity contribution < 1.29 is 9.53 Å². The Balaban J connectivity index is 1.70. The predicted molar refractivity (Wildman–Crippen MR) is 83.3 cm³/mol. The Bertz CT molecular complexity index is 544. The zero-order valence-corrected chi connectivity index (χ0v) is 12.8. The molecule has 1 aromatic carbocycles. The quantitative estimate of drug-likeness (QED) is 0.837. The summed E-state index contributed by atoms with van der Waals surface area (Å²) in [7, 11) is 1.54. The van der Waals surface area contributed by atoms with Gasteiger partial charge in [0.2, 0.25) is 0 Å². The number of nitrogen functional groups attached to an aromatic ring is 1. The highest BCUT2D eigenvalue weighted by atomic mass is 16.5. The zero-order valence-electron chi connectivity index (χ0n) is 12.8. The van der Waals surface area contributed by atoms with Crippen molar-refractivity contribution >= 4 is 11.6 Å². The molecule has 0 spiro atoms. The SMILES string of the molecule is COc1c(N)cccc1C(=O)NC(C)C1CC2CCC1C2. The van der Waals surface area contributed by atoms with Crippen LogP contribution in [-0.2, 0) is 0 Å². The summed E-state index contributed by atoms with van der Waals surface area (Å²) < 4.78 is 5.27. The maximum atomic E-state index is 12.5. The number of ether oxygens (including phenoxy) is 1. The maximum absolute atomic E-state index is 12.5. The van der Waals surface area contributed by atoms with Gasteiger partial charge in [-0.05, 0) is 56.1 Å². The number of para-hydroxylation sites is 1. The lowest BCUT2D eigenvalue weighted by Gasteiger charge is -2.28. The van der Waals surface area contributed by atoms with E-state index in [4.69, 9.17) is 10.5 Å². The number of methoxy groups -OCH3 is 1. The normalized spacial score (nSPS) is 28.4. The van der Waals surface area contributed by atoms with E-state index in [0.717, 1.165) is 11.8 Å². The number of carbonyl (C=O) groups excluding carboxylic acids is 1. The molecule has 1 aromatic rings. The molecule has 2 aliphatic carbocycles. The second-order valence-electron chi connectivity index (χ2n) is 6.53. The lowest BCUT2D eigenvalue weighted by atomic mass is 9.84. The third-order valence-corrected chi connectivity index (χ3v) is 5.29. The molecule has 4 unspecified atom stereocenters. The van der Waals surface area contributed by atoms with Crippen molar-refractivity contribution in [3.8, 4) is 5.75 Å². The van der Waals surface area contributed by atoms with E-state index in [1.54, 1.807) is 25.3 Å². The minimum Gasteiger partial charge on any atom is -0.494 e. The predicted octanol–water partition coefficient (Wildman–Crippen LogP) is 2.83. The molecule has 114 valence electrons. The monoisotopic (exact) mass is 288 g/mol. The Morgan fingerprint density at radius 2 is 2.19 bits per heavy atom. The van der Waals surface area contributed by atoms with Gasteiger partial charge in [0.25, 0.3) is 5.91 Å². The summed E-state index contributed by atoms with van der Waals surface area (Å²) in [5.41, 5.74) is 6.89. The summed E-state index contributed by atoms with van der Waals surface area (Å²) >= 11 is 0. The molecule has 0 radical (unpaired) electrons. The molecule has 0 saturated heterocycles. The fraction of sp³-hybridized carbons (Fsp3) is 0.588. The van der Waals surface area contributed by atoms with Gasteiger partial charge in [0.15, 0.2) is 5.75 Å². The average molecular weight is 288 g/mol. The van der Waals surface area contributed by atoms with Crippen LogP contribution in [0.4, 0.5) is 5.69 Å². The molecule has 0 aromatic heterocycles. The summed E-state index contributed by atoms with van der Waals surface area (Å²) in [4.78, 5) is 12.5. The van der Waals surface area contributed by atoms with Crippen LogP contribution in [0.2, 0.25) is 0 Å². The fourth-order valence-corrected chi connectivity index (χ4v) is 4.26. The minimum absolute atomic E-state index is 0.0885. The van der Waals surface area contributed by atoms with Crippen LogP contribution in [0.5, 0.6) is 5.75 Å². The molecular formula is C17H24N2O2. The number of hydrogen-bond acceptors (Lipinski definition) is 3. The van der Waals surface area contributed by atoms with Crippen LogP contribution < -0.4 is 15.8 Å². The van der Waals surface area contributed by atoms with Crippen LogP contribution in [-0.4, -0.2) is 19.1 Å². The third-order valence-electron chi connectivity index (χ3n) is 5.29. The van der Waals surface area contributed by atoms with Crippen LogP contribution in [0.3, 0.4) is 0 Å². The van der Waals surface area contributed by atoms with Crippen LogP contribution in [0.25, 0.3) is 0 Å². The number of hydrogen-bond donors (Lipinski definition) is 2. The molecular weight excluding hydrogens is 264 g/mol. The van der Waals surface area contributed by atoms with Crippen molar-refractivity contribution in [1.82, 2.24) is 5.32 Å². The van der Waals surface area contributed by atoms with Gasteiger partial charge in [-0.25, -0.2) is 0 Å². The second-order valence-corrected chi connectivity index (χ2v) is 6.53. The van der Waals surface area contributed by atoms with E-state index in [0.29, 0.717) is 22.9 Å². The first-order chi connectivity index (χ1) is 10.1. The van der Waals surface area contributed by atoms with Gasteiger partial charge in [0, 0.05) is 6.04 Å².